The second kappa shape index (κ2) is 10.2. The predicted octanol–water partition coefficient (Wildman–Crippen LogP) is 5.01. The lowest BCUT2D eigenvalue weighted by atomic mass is 10.1. The van der Waals surface area contributed by atoms with Crippen LogP contribution in [0.4, 0.5) is 5.69 Å². The summed E-state index contributed by atoms with van der Waals surface area (Å²) in [4.78, 5) is 18.4. The number of aromatic amines is 1. The van der Waals surface area contributed by atoms with Crippen molar-refractivity contribution in [1.29, 1.82) is 0 Å². The summed E-state index contributed by atoms with van der Waals surface area (Å²) in [5.74, 6) is 2.13. The molecule has 0 saturated carbocycles. The Labute approximate surface area is 203 Å². The maximum absolute atomic E-state index is 13.6. The summed E-state index contributed by atoms with van der Waals surface area (Å²) in [7, 11) is 6.24. The van der Waals surface area contributed by atoms with Crippen molar-refractivity contribution in [2.45, 2.75) is 6.92 Å². The summed E-state index contributed by atoms with van der Waals surface area (Å²) in [5.41, 5.74) is 3.55. The van der Waals surface area contributed by atoms with Gasteiger partial charge in [0.2, 0.25) is 5.75 Å². The van der Waals surface area contributed by atoms with Gasteiger partial charge in [0.15, 0.2) is 11.5 Å². The molecule has 35 heavy (non-hydrogen) atoms. The molecule has 1 heterocycles. The number of hydrogen-bond acceptors (Lipinski definition) is 6. The molecule has 180 valence electrons. The molecule has 1 N–H and O–H groups in total. The number of ether oxygens (including phenoxy) is 4. The summed E-state index contributed by atoms with van der Waals surface area (Å²) >= 11 is 0. The van der Waals surface area contributed by atoms with E-state index in [2.05, 4.69) is 5.10 Å². The molecule has 0 spiro atoms. The summed E-state index contributed by atoms with van der Waals surface area (Å²) in [6.45, 7) is 1.80. The van der Waals surface area contributed by atoms with Crippen LogP contribution in [0.2, 0.25) is 0 Å². The number of nitrogens with zero attached hydrogens (tertiary/aromatic N) is 2. The highest BCUT2D eigenvalue weighted by atomic mass is 16.5. The Morgan fingerprint density at radius 1 is 0.829 bits per heavy atom. The van der Waals surface area contributed by atoms with E-state index in [1.54, 1.807) is 59.6 Å². The van der Waals surface area contributed by atoms with E-state index in [-0.39, 0.29) is 5.56 Å². The van der Waals surface area contributed by atoms with Crippen LogP contribution in [0, 0.1) is 0 Å². The molecule has 0 atom stereocenters. The number of rotatable bonds is 8. The molecule has 0 aliphatic heterocycles. The largest absolute Gasteiger partial charge is 0.497 e. The average Bonchev–Trinajstić information content (AvgIpc) is 3.25. The number of benzene rings is 3. The molecule has 0 bridgehead atoms. The molecule has 4 rings (SSSR count). The smallest absolute Gasteiger partial charge is 0.280 e. The van der Waals surface area contributed by atoms with Crippen molar-refractivity contribution in [3.63, 3.8) is 0 Å². The lowest BCUT2D eigenvalue weighted by molar-refractivity contribution is 0.324. The molecule has 0 amide bonds. The zero-order chi connectivity index (χ0) is 24.9. The van der Waals surface area contributed by atoms with Gasteiger partial charge in [-0.15, -0.1) is 0 Å². The summed E-state index contributed by atoms with van der Waals surface area (Å²) in [6, 6.07) is 20.4. The third-order valence-corrected chi connectivity index (χ3v) is 5.59. The molecule has 0 unspecified atom stereocenters. The van der Waals surface area contributed by atoms with E-state index in [0.717, 1.165) is 5.56 Å². The fourth-order valence-electron chi connectivity index (χ4n) is 3.88. The van der Waals surface area contributed by atoms with Crippen molar-refractivity contribution >= 4 is 11.4 Å². The van der Waals surface area contributed by atoms with Gasteiger partial charge in [0.1, 0.15) is 5.75 Å². The first-order valence-electron chi connectivity index (χ1n) is 10.9. The topological polar surface area (TPSA) is 87.1 Å². The Balaban J connectivity index is 1.89. The maximum Gasteiger partial charge on any atom is 0.280 e. The molecule has 4 aromatic rings. The van der Waals surface area contributed by atoms with Gasteiger partial charge in [-0.25, -0.2) is 4.68 Å². The SMILES string of the molecule is COc1ccc(-n2[nH]c(-c3ccccc3)c(C(C)=Nc3cc(OC)c(OC)c(OC)c3)c2=O)cc1. The zero-order valence-corrected chi connectivity index (χ0v) is 20.3. The molecule has 0 aliphatic rings. The highest BCUT2D eigenvalue weighted by Gasteiger charge is 2.20. The van der Waals surface area contributed by atoms with Crippen LogP contribution < -0.4 is 24.5 Å². The lowest BCUT2D eigenvalue weighted by Crippen LogP contribution is -2.19. The van der Waals surface area contributed by atoms with Crippen LogP contribution in [0.3, 0.4) is 0 Å². The van der Waals surface area contributed by atoms with Crippen LogP contribution in [0.25, 0.3) is 16.9 Å². The van der Waals surface area contributed by atoms with E-state index < -0.39 is 0 Å². The molecule has 0 aliphatic carbocycles. The lowest BCUT2D eigenvalue weighted by Gasteiger charge is -2.13. The van der Waals surface area contributed by atoms with Crippen LogP contribution in [0.15, 0.2) is 76.5 Å². The number of methoxy groups -OCH3 is 4. The average molecular weight is 474 g/mol. The predicted molar refractivity (Wildman–Crippen MR) is 136 cm³/mol. The first-order chi connectivity index (χ1) is 17.0. The minimum absolute atomic E-state index is 0.220. The molecule has 0 saturated heterocycles. The number of hydrogen-bond donors (Lipinski definition) is 1. The van der Waals surface area contributed by atoms with Crippen molar-refractivity contribution in [3.05, 3.63) is 82.6 Å². The first-order valence-corrected chi connectivity index (χ1v) is 10.9. The van der Waals surface area contributed by atoms with Crippen molar-refractivity contribution in [2.75, 3.05) is 28.4 Å². The Morgan fingerprint density at radius 2 is 1.46 bits per heavy atom. The normalized spacial score (nSPS) is 11.3. The van der Waals surface area contributed by atoms with Crippen molar-refractivity contribution in [2.24, 2.45) is 4.99 Å². The van der Waals surface area contributed by atoms with Crippen molar-refractivity contribution in [3.8, 4) is 39.9 Å². The second-order valence-electron chi connectivity index (χ2n) is 7.65. The molecular formula is C27H27N3O5. The minimum atomic E-state index is -0.220. The van der Waals surface area contributed by atoms with Gasteiger partial charge in [-0.2, -0.15) is 0 Å². The van der Waals surface area contributed by atoms with Crippen molar-refractivity contribution in [1.82, 2.24) is 9.78 Å². The third-order valence-electron chi connectivity index (χ3n) is 5.59. The number of nitrogens with one attached hydrogen (secondary N) is 1. The molecule has 1 aromatic heterocycles. The zero-order valence-electron chi connectivity index (χ0n) is 20.3. The van der Waals surface area contributed by atoms with Gasteiger partial charge in [-0.05, 0) is 31.2 Å². The standard InChI is InChI=1S/C27H27N3O5/c1-17(28-19-15-22(33-3)26(35-5)23(16-19)34-4)24-25(18-9-7-6-8-10-18)29-30(27(24)31)20-11-13-21(32-2)14-12-20/h6-16,29H,1-5H3. The molecule has 0 radical (unpaired) electrons. The van der Waals surface area contributed by atoms with E-state index in [1.807, 2.05) is 42.5 Å². The fraction of sp³-hybridized carbons (Fsp3) is 0.185. The highest BCUT2D eigenvalue weighted by molar-refractivity contribution is 6.04. The quantitative estimate of drug-likeness (QED) is 0.364. The Hall–Kier alpha value is -4.46. The first kappa shape index (κ1) is 23.7. The van der Waals surface area contributed by atoms with Gasteiger partial charge in [-0.3, -0.25) is 14.9 Å². The van der Waals surface area contributed by atoms with Gasteiger partial charge in [0.25, 0.3) is 5.56 Å². The van der Waals surface area contributed by atoms with E-state index in [9.17, 15) is 4.79 Å². The Kier molecular flexibility index (Phi) is 6.91. The highest BCUT2D eigenvalue weighted by Crippen LogP contribution is 2.41. The van der Waals surface area contributed by atoms with E-state index in [1.165, 1.54) is 4.68 Å². The molecule has 8 heteroatoms. The van der Waals surface area contributed by atoms with Gasteiger partial charge >= 0.3 is 0 Å². The Morgan fingerprint density at radius 3 is 2.00 bits per heavy atom. The maximum atomic E-state index is 13.6. The molecule has 3 aromatic carbocycles. The van der Waals surface area contributed by atoms with E-state index in [0.29, 0.717) is 51.3 Å². The summed E-state index contributed by atoms with van der Waals surface area (Å²) in [5, 5.41) is 3.26. The van der Waals surface area contributed by atoms with Gasteiger partial charge in [0, 0.05) is 17.7 Å². The summed E-state index contributed by atoms with van der Waals surface area (Å²) < 4.78 is 23.0. The summed E-state index contributed by atoms with van der Waals surface area (Å²) in [6.07, 6.45) is 0. The van der Waals surface area contributed by atoms with Gasteiger partial charge < -0.3 is 18.9 Å². The van der Waals surface area contributed by atoms with Crippen LogP contribution in [-0.4, -0.2) is 43.9 Å². The van der Waals surface area contributed by atoms with Crippen LogP contribution in [0.1, 0.15) is 12.5 Å². The minimum Gasteiger partial charge on any atom is -0.497 e. The Bertz CT molecular complexity index is 1380. The number of aliphatic imine (C=N–C) groups is 1. The van der Waals surface area contributed by atoms with Crippen molar-refractivity contribution < 1.29 is 18.9 Å². The molecular weight excluding hydrogens is 446 g/mol. The molecule has 0 fully saturated rings. The van der Waals surface area contributed by atoms with Crippen LogP contribution in [-0.2, 0) is 0 Å². The van der Waals surface area contributed by atoms with E-state index in [4.69, 9.17) is 23.9 Å². The molecule has 8 nitrogen and oxygen atoms in total. The third kappa shape index (κ3) is 4.63. The number of aromatic nitrogens is 2. The van der Waals surface area contributed by atoms with Crippen LogP contribution in [0.5, 0.6) is 23.0 Å². The second-order valence-corrected chi connectivity index (χ2v) is 7.65. The van der Waals surface area contributed by atoms with Crippen LogP contribution >= 0.6 is 0 Å². The fourth-order valence-corrected chi connectivity index (χ4v) is 3.88. The van der Waals surface area contributed by atoms with Gasteiger partial charge in [-0.1, -0.05) is 30.3 Å². The monoisotopic (exact) mass is 473 g/mol. The van der Waals surface area contributed by atoms with Gasteiger partial charge in [0.05, 0.1) is 56.8 Å². The number of H-pyrrole nitrogens is 1. The van der Waals surface area contributed by atoms with E-state index >= 15 is 0 Å².